The molecule has 0 aromatic heterocycles. The molecule has 120 valence electrons. The van der Waals surface area contributed by atoms with Crippen LogP contribution in [0.25, 0.3) is 0 Å². The molecule has 1 aliphatic heterocycles. The van der Waals surface area contributed by atoms with E-state index in [0.29, 0.717) is 0 Å². The summed E-state index contributed by atoms with van der Waals surface area (Å²) in [5, 5.41) is 0. The third-order valence-electron chi connectivity index (χ3n) is 4.81. The zero-order valence-corrected chi connectivity index (χ0v) is 15.1. The molecule has 2 aromatic rings. The van der Waals surface area contributed by atoms with Gasteiger partial charge in [0.15, 0.2) is 5.78 Å². The van der Waals surface area contributed by atoms with Gasteiger partial charge in [-0.15, -0.1) is 0 Å². The first-order valence-electron chi connectivity index (χ1n) is 8.31. The van der Waals surface area contributed by atoms with E-state index in [1.165, 1.54) is 31.3 Å². The van der Waals surface area contributed by atoms with Gasteiger partial charge in [0.1, 0.15) is 20.6 Å². The highest BCUT2D eigenvalue weighted by Crippen LogP contribution is 2.35. The fourth-order valence-electron chi connectivity index (χ4n) is 3.93. The number of rotatable bonds is 1. The lowest BCUT2D eigenvalue weighted by Gasteiger charge is -2.25. The van der Waals surface area contributed by atoms with Gasteiger partial charge in [0, 0.05) is 11.1 Å². The highest BCUT2D eigenvalue weighted by molar-refractivity contribution is 7.97. The molecule has 2 heteroatoms. The Bertz CT molecular complexity index is 937. The van der Waals surface area contributed by atoms with Crippen molar-refractivity contribution in [3.63, 3.8) is 0 Å². The number of allylic oxidation sites excluding steroid dienone is 4. The molecule has 0 radical (unpaired) electrons. The van der Waals surface area contributed by atoms with Gasteiger partial charge in [-0.25, -0.2) is 0 Å². The smallest absolute Gasteiger partial charge is 0.183 e. The fourth-order valence-corrected chi connectivity index (χ4v) is 6.91. The first-order valence-corrected chi connectivity index (χ1v) is 9.65. The zero-order chi connectivity index (χ0) is 16.8. The number of ketones is 1. The monoisotopic (exact) mass is 333 g/mol. The summed E-state index contributed by atoms with van der Waals surface area (Å²) < 4.78 is 0. The predicted octanol–water partition coefficient (Wildman–Crippen LogP) is 4.49. The molecule has 1 heterocycles. The van der Waals surface area contributed by atoms with Crippen LogP contribution in [0.3, 0.4) is 0 Å². The maximum atomic E-state index is 13.0. The highest BCUT2D eigenvalue weighted by Gasteiger charge is 2.38. The summed E-state index contributed by atoms with van der Waals surface area (Å²) in [6, 6.07) is 12.7. The van der Waals surface area contributed by atoms with Crippen LogP contribution in [0.5, 0.6) is 0 Å². The largest absolute Gasteiger partial charge is 0.293 e. The summed E-state index contributed by atoms with van der Waals surface area (Å²) in [6.45, 7) is 6.55. The van der Waals surface area contributed by atoms with E-state index < -0.39 is 10.5 Å². The molecule has 1 aliphatic carbocycles. The van der Waals surface area contributed by atoms with Crippen molar-refractivity contribution in [2.24, 2.45) is 5.92 Å². The maximum Gasteiger partial charge on any atom is 0.183 e. The van der Waals surface area contributed by atoms with Crippen LogP contribution in [-0.4, -0.2) is 10.6 Å². The Morgan fingerprint density at radius 1 is 0.958 bits per heavy atom. The topological polar surface area (TPSA) is 17.1 Å². The molecule has 2 atom stereocenters. The van der Waals surface area contributed by atoms with Crippen molar-refractivity contribution in [2.45, 2.75) is 30.6 Å². The minimum absolute atomic E-state index is 0.101. The number of Topliss-reactive ketones (excluding diaryl/α,β-unsaturated/α-hetero) is 1. The van der Waals surface area contributed by atoms with E-state index in [1.54, 1.807) is 0 Å². The zero-order valence-electron chi connectivity index (χ0n) is 14.2. The van der Waals surface area contributed by atoms with E-state index in [1.807, 2.05) is 18.2 Å². The molecule has 4 rings (SSSR count). The Morgan fingerprint density at radius 3 is 2.42 bits per heavy atom. The summed E-state index contributed by atoms with van der Waals surface area (Å²) in [7, 11) is -0.663. The summed E-state index contributed by atoms with van der Waals surface area (Å²) >= 11 is 0. The second-order valence-electron chi connectivity index (χ2n) is 6.61. The number of carbonyl (C=O) groups is 1. The molecule has 2 unspecified atom stereocenters. The van der Waals surface area contributed by atoms with Crippen molar-refractivity contribution < 1.29 is 4.79 Å². The van der Waals surface area contributed by atoms with Gasteiger partial charge in [0.2, 0.25) is 0 Å². The quantitative estimate of drug-likeness (QED) is 0.427. The van der Waals surface area contributed by atoms with Crippen molar-refractivity contribution in [3.05, 3.63) is 83.0 Å². The van der Waals surface area contributed by atoms with Gasteiger partial charge in [0.25, 0.3) is 0 Å². The predicted molar refractivity (Wildman–Crippen MR) is 103 cm³/mol. The average molecular weight is 333 g/mol. The van der Waals surface area contributed by atoms with E-state index >= 15 is 0 Å². The molecule has 0 bridgehead atoms. The number of thiol groups is 1. The van der Waals surface area contributed by atoms with E-state index in [0.717, 1.165) is 5.56 Å². The molecular weight excluding hydrogens is 312 g/mol. The lowest BCUT2D eigenvalue weighted by molar-refractivity contribution is 0.0969. The Balaban J connectivity index is 2.10. The molecule has 2 aromatic carbocycles. The van der Waals surface area contributed by atoms with Gasteiger partial charge in [0.05, 0.1) is 5.56 Å². The molecule has 0 fully saturated rings. The summed E-state index contributed by atoms with van der Waals surface area (Å²) in [5.41, 5.74) is 4.86. The second-order valence-corrected chi connectivity index (χ2v) is 8.73. The standard InChI is InChI=1S/C22H20OS/c1-14-12-15(2)22(16(3)13-14)24-19-10-6-4-8-17(19)21(23)18-9-5-7-11-20(18)24/h4-13,17H,1-3H3/p+1. The Kier molecular flexibility index (Phi) is 3.65. The van der Waals surface area contributed by atoms with Crippen LogP contribution in [0.1, 0.15) is 27.0 Å². The Labute approximate surface area is 145 Å². The lowest BCUT2D eigenvalue weighted by Crippen LogP contribution is -2.32. The molecule has 0 saturated carbocycles. The maximum absolute atomic E-state index is 13.0. The molecule has 0 N–H and O–H groups in total. The van der Waals surface area contributed by atoms with Gasteiger partial charge >= 0.3 is 0 Å². The van der Waals surface area contributed by atoms with E-state index in [-0.39, 0.29) is 11.7 Å². The summed E-state index contributed by atoms with van der Waals surface area (Å²) in [4.78, 5) is 16.8. The third-order valence-corrected chi connectivity index (χ3v) is 7.78. The first kappa shape index (κ1) is 15.3. The molecule has 2 aliphatic rings. The van der Waals surface area contributed by atoms with Crippen molar-refractivity contribution in [1.29, 1.82) is 0 Å². The number of hydrogen-bond donors (Lipinski definition) is 0. The Hall–Kier alpha value is -2.19. The second kappa shape index (κ2) is 5.71. The van der Waals surface area contributed by atoms with Crippen LogP contribution in [0.15, 0.2) is 70.5 Å². The van der Waals surface area contributed by atoms with Crippen LogP contribution >= 0.6 is 0 Å². The number of carbonyl (C=O) groups excluding carboxylic acids is 1. The van der Waals surface area contributed by atoms with Crippen LogP contribution in [0.4, 0.5) is 0 Å². The highest BCUT2D eigenvalue weighted by atomic mass is 32.2. The van der Waals surface area contributed by atoms with E-state index in [9.17, 15) is 4.79 Å². The van der Waals surface area contributed by atoms with Gasteiger partial charge in [-0.1, -0.05) is 58.5 Å². The SMILES string of the molecule is Cc1cc(C)c([SH+]2=C3C=CC=CC3C(=O)c3ccccc32)c(C)c1. The van der Waals surface area contributed by atoms with Gasteiger partial charge in [-0.3, -0.25) is 4.79 Å². The molecule has 1 nitrogen and oxygen atoms in total. The average Bonchev–Trinajstić information content (AvgIpc) is 2.57. The number of hydrogen-bond acceptors (Lipinski definition) is 1. The van der Waals surface area contributed by atoms with Crippen molar-refractivity contribution in [3.8, 4) is 0 Å². The van der Waals surface area contributed by atoms with Crippen molar-refractivity contribution in [2.75, 3.05) is 0 Å². The van der Waals surface area contributed by atoms with Crippen LogP contribution in [0.2, 0.25) is 0 Å². The van der Waals surface area contributed by atoms with Gasteiger partial charge in [-0.2, -0.15) is 0 Å². The van der Waals surface area contributed by atoms with Crippen molar-refractivity contribution in [1.82, 2.24) is 0 Å². The first-order chi connectivity index (χ1) is 11.6. The van der Waals surface area contributed by atoms with Gasteiger partial charge in [-0.05, 0) is 39.0 Å². The number of benzene rings is 2. The summed E-state index contributed by atoms with van der Waals surface area (Å²) in [5.74, 6) is 0.137. The van der Waals surface area contributed by atoms with Crippen LogP contribution in [0, 0.1) is 26.7 Å². The third kappa shape index (κ3) is 2.25. The minimum atomic E-state index is -0.663. The van der Waals surface area contributed by atoms with Crippen LogP contribution in [-0.2, 0) is 10.5 Å². The van der Waals surface area contributed by atoms with E-state index in [2.05, 4.69) is 63.3 Å². The van der Waals surface area contributed by atoms with Crippen LogP contribution < -0.4 is 0 Å². The lowest BCUT2D eigenvalue weighted by atomic mass is 9.91. The van der Waals surface area contributed by atoms with E-state index in [4.69, 9.17) is 0 Å². The number of aryl methyl sites for hydroxylation is 3. The molecule has 0 amide bonds. The summed E-state index contributed by atoms with van der Waals surface area (Å²) in [6.07, 6.45) is 8.30. The minimum Gasteiger partial charge on any atom is -0.293 e. The molecule has 0 saturated heterocycles. The molecule has 0 spiro atoms. The van der Waals surface area contributed by atoms with Gasteiger partial charge < -0.3 is 0 Å². The fraction of sp³-hybridized carbons (Fsp3) is 0.182. The Morgan fingerprint density at radius 2 is 1.67 bits per heavy atom. The van der Waals surface area contributed by atoms with Crippen molar-refractivity contribution >= 4 is 21.1 Å². The molecule has 24 heavy (non-hydrogen) atoms. The normalized spacial score (nSPS) is 21.6. The number of fused-ring (bicyclic) bond motifs is 2. The molecular formula is C22H21OS+.